The van der Waals surface area contributed by atoms with Crippen LogP contribution in [0.3, 0.4) is 0 Å². The Labute approximate surface area is 215 Å². The molecule has 0 amide bonds. The lowest BCUT2D eigenvalue weighted by molar-refractivity contribution is 0.174. The highest BCUT2D eigenvalue weighted by Gasteiger charge is 2.20. The van der Waals surface area contributed by atoms with Crippen molar-refractivity contribution in [3.8, 4) is 44.6 Å². The summed E-state index contributed by atoms with van der Waals surface area (Å²) in [6.45, 7) is 5.38. The fourth-order valence-corrected chi connectivity index (χ4v) is 6.82. The normalized spacial score (nSPS) is 12.4. The third-order valence-electron chi connectivity index (χ3n) is 5.83. The molecule has 5 aromatic rings. The number of aromatic nitrogens is 4. The molecular weight excluding hydrogens is 497 g/mol. The minimum absolute atomic E-state index is 0.274. The minimum Gasteiger partial charge on any atom is -0.454 e. The van der Waals surface area contributed by atoms with Gasteiger partial charge >= 0.3 is 0 Å². The average Bonchev–Trinajstić information content (AvgIpc) is 3.68. The first-order valence-corrected chi connectivity index (χ1v) is 14.0. The maximum absolute atomic E-state index is 5.51. The molecule has 0 fully saturated rings. The molecule has 0 radical (unpaired) electrons. The lowest BCUT2D eigenvalue weighted by Crippen LogP contribution is -2.00. The Morgan fingerprint density at radius 1 is 0.971 bits per heavy atom. The van der Waals surface area contributed by atoms with E-state index in [4.69, 9.17) is 14.5 Å². The Bertz CT molecular complexity index is 1490. The SMILES string of the molecule is CCn1c(SCc2csc(-c3ccc4c(c3)OCO4)n2)nnc1-c1csc(C)c1-c1ccccc1. The van der Waals surface area contributed by atoms with Crippen molar-refractivity contribution in [2.24, 2.45) is 0 Å². The second kappa shape index (κ2) is 9.49. The van der Waals surface area contributed by atoms with Crippen LogP contribution >= 0.6 is 34.4 Å². The summed E-state index contributed by atoms with van der Waals surface area (Å²) < 4.78 is 13.1. The molecule has 1 aliphatic rings. The predicted octanol–water partition coefficient (Wildman–Crippen LogP) is 7.15. The summed E-state index contributed by atoms with van der Waals surface area (Å²) in [6, 6.07) is 16.5. The molecule has 4 heterocycles. The van der Waals surface area contributed by atoms with Crippen molar-refractivity contribution in [3.63, 3.8) is 0 Å². The highest BCUT2D eigenvalue weighted by molar-refractivity contribution is 7.98. The Kier molecular flexibility index (Phi) is 6.05. The van der Waals surface area contributed by atoms with Crippen molar-refractivity contribution < 1.29 is 9.47 Å². The number of thioether (sulfide) groups is 1. The highest BCUT2D eigenvalue weighted by atomic mass is 32.2. The molecule has 9 heteroatoms. The first-order chi connectivity index (χ1) is 17.2. The fraction of sp³-hybridized carbons (Fsp3) is 0.192. The third-order valence-corrected chi connectivity index (χ3v) is 8.68. The van der Waals surface area contributed by atoms with Gasteiger partial charge in [-0.05, 0) is 37.6 Å². The Balaban J connectivity index is 1.23. The van der Waals surface area contributed by atoms with Gasteiger partial charge in [0.15, 0.2) is 22.5 Å². The molecule has 0 spiro atoms. The molecule has 0 atom stereocenters. The molecular formula is C26H22N4O2S3. The number of hydrogen-bond donors (Lipinski definition) is 0. The smallest absolute Gasteiger partial charge is 0.231 e. The zero-order valence-electron chi connectivity index (χ0n) is 19.2. The summed E-state index contributed by atoms with van der Waals surface area (Å²) in [6.07, 6.45) is 0. The third kappa shape index (κ3) is 4.24. The number of fused-ring (bicyclic) bond motifs is 1. The summed E-state index contributed by atoms with van der Waals surface area (Å²) in [7, 11) is 0. The summed E-state index contributed by atoms with van der Waals surface area (Å²) in [5.41, 5.74) is 5.65. The van der Waals surface area contributed by atoms with Crippen molar-refractivity contribution in [3.05, 3.63) is 69.9 Å². The van der Waals surface area contributed by atoms with E-state index < -0.39 is 0 Å². The number of ether oxygens (including phenoxy) is 2. The summed E-state index contributed by atoms with van der Waals surface area (Å²) >= 11 is 5.06. The standard InChI is InChI=1S/C26H22N4O2S3/c1-3-30-24(20-14-33-16(2)23(20)17-7-5-4-6-8-17)28-29-26(30)35-13-19-12-34-25(27-19)18-9-10-21-22(11-18)32-15-31-21/h4-12,14H,3,13,15H2,1-2H3. The van der Waals surface area contributed by atoms with Gasteiger partial charge in [-0.1, -0.05) is 42.1 Å². The van der Waals surface area contributed by atoms with Gasteiger partial charge in [-0.3, -0.25) is 0 Å². The Hall–Kier alpha value is -3.14. The van der Waals surface area contributed by atoms with Crippen LogP contribution in [-0.4, -0.2) is 26.5 Å². The second-order valence-corrected chi connectivity index (χ2v) is 10.9. The van der Waals surface area contributed by atoms with Crippen molar-refractivity contribution >= 4 is 34.4 Å². The van der Waals surface area contributed by atoms with Gasteiger partial charge < -0.3 is 14.0 Å². The summed E-state index contributed by atoms with van der Waals surface area (Å²) in [5.74, 6) is 3.20. The number of thiazole rings is 1. The molecule has 0 saturated carbocycles. The lowest BCUT2D eigenvalue weighted by atomic mass is 10.0. The number of benzene rings is 2. The van der Waals surface area contributed by atoms with Crippen molar-refractivity contribution in [1.29, 1.82) is 0 Å². The number of nitrogens with zero attached hydrogens (tertiary/aromatic N) is 4. The van der Waals surface area contributed by atoms with E-state index in [-0.39, 0.29) is 6.79 Å². The van der Waals surface area contributed by atoms with Crippen LogP contribution in [-0.2, 0) is 12.3 Å². The van der Waals surface area contributed by atoms with Gasteiger partial charge in [0, 0.05) is 44.6 Å². The molecule has 35 heavy (non-hydrogen) atoms. The maximum Gasteiger partial charge on any atom is 0.231 e. The molecule has 6 nitrogen and oxygen atoms in total. The van der Waals surface area contributed by atoms with Crippen LogP contribution in [0.1, 0.15) is 17.5 Å². The number of hydrogen-bond acceptors (Lipinski definition) is 8. The topological polar surface area (TPSA) is 62.1 Å². The van der Waals surface area contributed by atoms with E-state index in [2.05, 4.69) is 63.6 Å². The van der Waals surface area contributed by atoms with E-state index in [0.29, 0.717) is 0 Å². The van der Waals surface area contributed by atoms with Gasteiger partial charge in [0.1, 0.15) is 5.01 Å². The fourth-order valence-electron chi connectivity index (χ4n) is 4.14. The molecule has 0 saturated heterocycles. The molecule has 0 bridgehead atoms. The van der Waals surface area contributed by atoms with E-state index >= 15 is 0 Å². The van der Waals surface area contributed by atoms with E-state index in [0.717, 1.165) is 56.6 Å². The van der Waals surface area contributed by atoms with Crippen LogP contribution in [0.25, 0.3) is 33.1 Å². The van der Waals surface area contributed by atoms with Crippen LogP contribution in [0.4, 0.5) is 0 Å². The molecule has 0 N–H and O–H groups in total. The molecule has 176 valence electrons. The van der Waals surface area contributed by atoms with Gasteiger partial charge in [0.05, 0.1) is 5.69 Å². The monoisotopic (exact) mass is 518 g/mol. The van der Waals surface area contributed by atoms with E-state index in [1.807, 2.05) is 24.3 Å². The van der Waals surface area contributed by atoms with Crippen molar-refractivity contribution in [1.82, 2.24) is 19.7 Å². The Morgan fingerprint density at radius 3 is 2.69 bits per heavy atom. The number of aryl methyl sites for hydroxylation is 1. The predicted molar refractivity (Wildman–Crippen MR) is 142 cm³/mol. The summed E-state index contributed by atoms with van der Waals surface area (Å²) in [5, 5.41) is 15.3. The molecule has 0 aliphatic carbocycles. The quantitative estimate of drug-likeness (QED) is 0.213. The summed E-state index contributed by atoms with van der Waals surface area (Å²) in [4.78, 5) is 6.13. The van der Waals surface area contributed by atoms with Crippen LogP contribution in [0.2, 0.25) is 0 Å². The zero-order valence-corrected chi connectivity index (χ0v) is 21.7. The van der Waals surface area contributed by atoms with Crippen LogP contribution in [0, 0.1) is 6.92 Å². The maximum atomic E-state index is 5.51. The highest BCUT2D eigenvalue weighted by Crippen LogP contribution is 2.40. The first kappa shape index (κ1) is 22.3. The minimum atomic E-state index is 0.274. The van der Waals surface area contributed by atoms with E-state index in [9.17, 15) is 0 Å². The number of rotatable bonds is 7. The van der Waals surface area contributed by atoms with Gasteiger partial charge in [-0.25, -0.2) is 4.98 Å². The largest absolute Gasteiger partial charge is 0.454 e. The van der Waals surface area contributed by atoms with Gasteiger partial charge in [-0.2, -0.15) is 0 Å². The average molecular weight is 519 g/mol. The van der Waals surface area contributed by atoms with Crippen LogP contribution < -0.4 is 9.47 Å². The van der Waals surface area contributed by atoms with Gasteiger partial charge in [0.2, 0.25) is 6.79 Å². The Morgan fingerprint density at radius 2 is 1.83 bits per heavy atom. The zero-order chi connectivity index (χ0) is 23.8. The first-order valence-electron chi connectivity index (χ1n) is 11.3. The van der Waals surface area contributed by atoms with E-state index in [1.54, 1.807) is 34.4 Å². The van der Waals surface area contributed by atoms with Crippen molar-refractivity contribution in [2.45, 2.75) is 31.3 Å². The van der Waals surface area contributed by atoms with Crippen molar-refractivity contribution in [2.75, 3.05) is 6.79 Å². The van der Waals surface area contributed by atoms with Crippen LogP contribution in [0.15, 0.2) is 64.4 Å². The van der Waals surface area contributed by atoms with Gasteiger partial charge in [-0.15, -0.1) is 32.9 Å². The van der Waals surface area contributed by atoms with E-state index in [1.165, 1.54) is 16.0 Å². The molecule has 0 unspecified atom stereocenters. The van der Waals surface area contributed by atoms with Crippen LogP contribution in [0.5, 0.6) is 11.5 Å². The second-order valence-electron chi connectivity index (χ2n) is 8.00. The van der Waals surface area contributed by atoms with Gasteiger partial charge in [0.25, 0.3) is 0 Å². The molecule has 2 aromatic carbocycles. The molecule has 3 aromatic heterocycles. The molecule has 6 rings (SSSR count). The number of thiophene rings is 1. The molecule has 1 aliphatic heterocycles. The lowest BCUT2D eigenvalue weighted by Gasteiger charge is -2.09.